The SMILES string of the molecule is CC(C)c1ccc(NCC2CCCO2)c(C(C)C)c1. The Bertz CT molecular complexity index is 406. The zero-order valence-corrected chi connectivity index (χ0v) is 12.7. The van der Waals surface area contributed by atoms with E-state index in [2.05, 4.69) is 51.2 Å². The van der Waals surface area contributed by atoms with Crippen molar-refractivity contribution in [2.45, 2.75) is 58.5 Å². The van der Waals surface area contributed by atoms with Crippen LogP contribution in [0.25, 0.3) is 0 Å². The highest BCUT2D eigenvalue weighted by Crippen LogP contribution is 2.28. The van der Waals surface area contributed by atoms with Crippen LogP contribution in [0.2, 0.25) is 0 Å². The number of ether oxygens (including phenoxy) is 1. The zero-order chi connectivity index (χ0) is 13.8. The topological polar surface area (TPSA) is 21.3 Å². The van der Waals surface area contributed by atoms with E-state index in [9.17, 15) is 0 Å². The average molecular weight is 261 g/mol. The summed E-state index contributed by atoms with van der Waals surface area (Å²) in [6.45, 7) is 10.9. The predicted molar refractivity (Wildman–Crippen MR) is 82.1 cm³/mol. The molecule has 0 saturated carbocycles. The molecule has 1 fully saturated rings. The predicted octanol–water partition coefficient (Wildman–Crippen LogP) is 4.52. The fraction of sp³-hybridized carbons (Fsp3) is 0.647. The van der Waals surface area contributed by atoms with Crippen LogP contribution in [0.15, 0.2) is 18.2 Å². The first kappa shape index (κ1) is 14.4. The quantitative estimate of drug-likeness (QED) is 0.841. The van der Waals surface area contributed by atoms with Crippen molar-refractivity contribution in [1.29, 1.82) is 0 Å². The molecule has 0 amide bonds. The Labute approximate surface area is 117 Å². The number of anilines is 1. The Morgan fingerprint density at radius 3 is 2.58 bits per heavy atom. The van der Waals surface area contributed by atoms with Crippen molar-refractivity contribution in [3.8, 4) is 0 Å². The normalized spacial score (nSPS) is 19.4. The fourth-order valence-corrected chi connectivity index (χ4v) is 2.61. The van der Waals surface area contributed by atoms with E-state index in [0.717, 1.165) is 13.2 Å². The molecule has 0 radical (unpaired) electrons. The van der Waals surface area contributed by atoms with Gasteiger partial charge < -0.3 is 10.1 Å². The molecule has 1 saturated heterocycles. The van der Waals surface area contributed by atoms with Crippen molar-refractivity contribution in [3.63, 3.8) is 0 Å². The maximum atomic E-state index is 5.67. The van der Waals surface area contributed by atoms with Gasteiger partial charge in [0.05, 0.1) is 6.10 Å². The summed E-state index contributed by atoms with van der Waals surface area (Å²) in [5.74, 6) is 1.13. The highest BCUT2D eigenvalue weighted by atomic mass is 16.5. The van der Waals surface area contributed by atoms with Crippen LogP contribution in [0.4, 0.5) is 5.69 Å². The molecule has 0 bridgehead atoms. The van der Waals surface area contributed by atoms with Gasteiger partial charge in [0.1, 0.15) is 0 Å². The Balaban J connectivity index is 2.09. The van der Waals surface area contributed by atoms with E-state index in [1.165, 1.54) is 29.7 Å². The third-order valence-electron chi connectivity index (χ3n) is 3.91. The smallest absolute Gasteiger partial charge is 0.0748 e. The number of hydrogen-bond donors (Lipinski definition) is 1. The van der Waals surface area contributed by atoms with Gasteiger partial charge in [-0.1, -0.05) is 39.8 Å². The van der Waals surface area contributed by atoms with Gasteiger partial charge in [0.2, 0.25) is 0 Å². The summed E-state index contributed by atoms with van der Waals surface area (Å²) in [7, 11) is 0. The summed E-state index contributed by atoms with van der Waals surface area (Å²) < 4.78 is 5.67. The van der Waals surface area contributed by atoms with Gasteiger partial charge in [-0.2, -0.15) is 0 Å². The molecule has 106 valence electrons. The largest absolute Gasteiger partial charge is 0.382 e. The van der Waals surface area contributed by atoms with Gasteiger partial charge in [0.25, 0.3) is 0 Å². The summed E-state index contributed by atoms with van der Waals surface area (Å²) in [5, 5.41) is 3.58. The Hall–Kier alpha value is -1.02. The lowest BCUT2D eigenvalue weighted by atomic mass is 9.94. The van der Waals surface area contributed by atoms with Crippen LogP contribution in [0.3, 0.4) is 0 Å². The summed E-state index contributed by atoms with van der Waals surface area (Å²) in [6, 6.07) is 6.83. The minimum absolute atomic E-state index is 0.393. The van der Waals surface area contributed by atoms with E-state index in [1.54, 1.807) is 0 Å². The number of benzene rings is 1. The first-order valence-electron chi connectivity index (χ1n) is 7.57. The molecule has 1 N–H and O–H groups in total. The molecule has 19 heavy (non-hydrogen) atoms. The Kier molecular flexibility index (Phi) is 4.87. The van der Waals surface area contributed by atoms with E-state index in [0.29, 0.717) is 17.9 Å². The molecule has 0 aliphatic carbocycles. The second-order valence-electron chi connectivity index (χ2n) is 6.17. The zero-order valence-electron chi connectivity index (χ0n) is 12.7. The first-order chi connectivity index (χ1) is 9.08. The third kappa shape index (κ3) is 3.73. The average Bonchev–Trinajstić information content (AvgIpc) is 2.89. The maximum Gasteiger partial charge on any atom is 0.0748 e. The molecule has 1 aromatic carbocycles. The molecule has 1 atom stereocenters. The minimum Gasteiger partial charge on any atom is -0.382 e. The van der Waals surface area contributed by atoms with Gasteiger partial charge >= 0.3 is 0 Å². The van der Waals surface area contributed by atoms with Gasteiger partial charge in [-0.25, -0.2) is 0 Å². The fourth-order valence-electron chi connectivity index (χ4n) is 2.61. The van der Waals surface area contributed by atoms with E-state index < -0.39 is 0 Å². The maximum absolute atomic E-state index is 5.67. The van der Waals surface area contributed by atoms with Gasteiger partial charge in [-0.05, 0) is 41.9 Å². The standard InChI is InChI=1S/C17H27NO/c1-12(2)14-7-8-17(16(10-14)13(3)4)18-11-15-6-5-9-19-15/h7-8,10,12-13,15,18H,5-6,9,11H2,1-4H3. The molecule has 1 aliphatic heterocycles. The number of nitrogens with one attached hydrogen (secondary N) is 1. The molecule has 1 aliphatic rings. The molecule has 2 rings (SSSR count). The monoisotopic (exact) mass is 261 g/mol. The minimum atomic E-state index is 0.393. The van der Waals surface area contributed by atoms with E-state index in [4.69, 9.17) is 4.74 Å². The van der Waals surface area contributed by atoms with E-state index >= 15 is 0 Å². The van der Waals surface area contributed by atoms with Crippen molar-refractivity contribution >= 4 is 5.69 Å². The summed E-state index contributed by atoms with van der Waals surface area (Å²) >= 11 is 0. The highest BCUT2D eigenvalue weighted by molar-refractivity contribution is 5.54. The van der Waals surface area contributed by atoms with Crippen molar-refractivity contribution < 1.29 is 4.74 Å². The highest BCUT2D eigenvalue weighted by Gasteiger charge is 2.16. The van der Waals surface area contributed by atoms with Crippen LogP contribution in [0.5, 0.6) is 0 Å². The van der Waals surface area contributed by atoms with Crippen molar-refractivity contribution in [3.05, 3.63) is 29.3 Å². The molecule has 2 nitrogen and oxygen atoms in total. The van der Waals surface area contributed by atoms with Crippen LogP contribution >= 0.6 is 0 Å². The van der Waals surface area contributed by atoms with E-state index in [1.807, 2.05) is 0 Å². The van der Waals surface area contributed by atoms with Gasteiger partial charge in [0, 0.05) is 18.8 Å². The third-order valence-corrected chi connectivity index (χ3v) is 3.91. The molecule has 2 heteroatoms. The molecular weight excluding hydrogens is 234 g/mol. The molecule has 0 spiro atoms. The van der Waals surface area contributed by atoms with Crippen molar-refractivity contribution in [1.82, 2.24) is 0 Å². The van der Waals surface area contributed by atoms with Crippen molar-refractivity contribution in [2.75, 3.05) is 18.5 Å². The second-order valence-corrected chi connectivity index (χ2v) is 6.17. The molecule has 1 aromatic rings. The van der Waals surface area contributed by atoms with Crippen LogP contribution in [0, 0.1) is 0 Å². The van der Waals surface area contributed by atoms with Gasteiger partial charge in [0.15, 0.2) is 0 Å². The number of hydrogen-bond acceptors (Lipinski definition) is 2. The van der Waals surface area contributed by atoms with Gasteiger partial charge in [-0.3, -0.25) is 0 Å². The first-order valence-corrected chi connectivity index (χ1v) is 7.57. The lowest BCUT2D eigenvalue weighted by Gasteiger charge is -2.19. The molecular formula is C17H27NO. The number of rotatable bonds is 5. The van der Waals surface area contributed by atoms with Crippen molar-refractivity contribution in [2.24, 2.45) is 0 Å². The molecule has 1 unspecified atom stereocenters. The van der Waals surface area contributed by atoms with Crippen LogP contribution in [-0.2, 0) is 4.74 Å². The van der Waals surface area contributed by atoms with Crippen LogP contribution in [0.1, 0.15) is 63.5 Å². The lowest BCUT2D eigenvalue weighted by Crippen LogP contribution is -2.19. The Morgan fingerprint density at radius 1 is 1.21 bits per heavy atom. The summed E-state index contributed by atoms with van der Waals surface area (Å²) in [4.78, 5) is 0. The second kappa shape index (κ2) is 6.42. The van der Waals surface area contributed by atoms with E-state index in [-0.39, 0.29) is 0 Å². The summed E-state index contributed by atoms with van der Waals surface area (Å²) in [6.07, 6.45) is 2.79. The van der Waals surface area contributed by atoms with Crippen LogP contribution < -0.4 is 5.32 Å². The van der Waals surface area contributed by atoms with Crippen LogP contribution in [-0.4, -0.2) is 19.3 Å². The lowest BCUT2D eigenvalue weighted by molar-refractivity contribution is 0.120. The Morgan fingerprint density at radius 2 is 2.00 bits per heavy atom. The molecule has 1 heterocycles. The van der Waals surface area contributed by atoms with Gasteiger partial charge in [-0.15, -0.1) is 0 Å². The molecule has 0 aromatic heterocycles. The summed E-state index contributed by atoms with van der Waals surface area (Å²) in [5.41, 5.74) is 4.12.